The first-order valence-corrected chi connectivity index (χ1v) is 8.62. The Hall–Kier alpha value is -3.41. The molecule has 0 radical (unpaired) electrons. The van der Waals surface area contributed by atoms with Gasteiger partial charge in [0.05, 0.1) is 0 Å². The molecule has 0 aliphatic rings. The van der Waals surface area contributed by atoms with Gasteiger partial charge in [0, 0.05) is 24.2 Å². The number of rotatable bonds is 6. The molecule has 0 aliphatic carbocycles. The van der Waals surface area contributed by atoms with Crippen LogP contribution in [0.5, 0.6) is 0 Å². The van der Waals surface area contributed by atoms with Crippen molar-refractivity contribution in [3.8, 4) is 0 Å². The monoisotopic (exact) mass is 365 g/mol. The van der Waals surface area contributed by atoms with Gasteiger partial charge in [-0.3, -0.25) is 14.4 Å². The number of hydrogen-bond acceptors (Lipinski definition) is 3. The van der Waals surface area contributed by atoms with E-state index in [0.29, 0.717) is 16.8 Å². The van der Waals surface area contributed by atoms with Gasteiger partial charge in [0.2, 0.25) is 5.91 Å². The highest BCUT2D eigenvalue weighted by Crippen LogP contribution is 2.13. The van der Waals surface area contributed by atoms with Crippen LogP contribution in [0.15, 0.2) is 60.3 Å². The first-order valence-electron chi connectivity index (χ1n) is 8.62. The predicted octanol–water partition coefficient (Wildman–Crippen LogP) is 2.94. The molecular formula is C21H23N3O3. The van der Waals surface area contributed by atoms with Crippen molar-refractivity contribution in [1.29, 1.82) is 0 Å². The predicted molar refractivity (Wildman–Crippen MR) is 106 cm³/mol. The van der Waals surface area contributed by atoms with Crippen molar-refractivity contribution in [3.05, 3.63) is 71.4 Å². The third kappa shape index (κ3) is 6.43. The second-order valence-electron chi connectivity index (χ2n) is 6.31. The number of anilines is 1. The van der Waals surface area contributed by atoms with Crippen LogP contribution in [0.2, 0.25) is 0 Å². The van der Waals surface area contributed by atoms with E-state index < -0.39 is 0 Å². The molecule has 6 heteroatoms. The molecule has 0 fully saturated rings. The summed E-state index contributed by atoms with van der Waals surface area (Å²) in [6.07, 6.45) is 1.59. The zero-order valence-corrected chi connectivity index (χ0v) is 15.6. The molecule has 2 aromatic carbocycles. The highest BCUT2D eigenvalue weighted by Gasteiger charge is 2.15. The SMILES string of the molecule is CC(=O)Nc1ccc(/C=C(/NC(=O)c2ccccc2)C(=O)NC(C)C)cc1. The van der Waals surface area contributed by atoms with Crippen LogP contribution in [0.25, 0.3) is 6.08 Å². The molecule has 0 bridgehead atoms. The topological polar surface area (TPSA) is 87.3 Å². The van der Waals surface area contributed by atoms with E-state index in [2.05, 4.69) is 16.0 Å². The van der Waals surface area contributed by atoms with Gasteiger partial charge < -0.3 is 16.0 Å². The maximum Gasteiger partial charge on any atom is 0.268 e. The zero-order chi connectivity index (χ0) is 19.8. The summed E-state index contributed by atoms with van der Waals surface area (Å²) in [5.74, 6) is -0.902. The minimum atomic E-state index is -0.375. The standard InChI is InChI=1S/C21H23N3O3/c1-14(2)22-21(27)19(24-20(26)17-7-5-4-6-8-17)13-16-9-11-18(12-10-16)23-15(3)25/h4-14H,1-3H3,(H,22,27)(H,23,25)(H,24,26)/b19-13+. The summed E-state index contributed by atoms with van der Waals surface area (Å²) in [4.78, 5) is 36.0. The molecule has 0 spiro atoms. The normalized spacial score (nSPS) is 11.0. The van der Waals surface area contributed by atoms with Gasteiger partial charge in [-0.15, -0.1) is 0 Å². The zero-order valence-electron chi connectivity index (χ0n) is 15.6. The minimum absolute atomic E-state index is 0.0725. The largest absolute Gasteiger partial charge is 0.349 e. The number of benzene rings is 2. The summed E-state index contributed by atoms with van der Waals surface area (Å²) < 4.78 is 0. The smallest absolute Gasteiger partial charge is 0.268 e. The Bertz CT molecular complexity index is 841. The van der Waals surface area contributed by atoms with Crippen LogP contribution in [-0.2, 0) is 9.59 Å². The van der Waals surface area contributed by atoms with Crippen molar-refractivity contribution < 1.29 is 14.4 Å². The Balaban J connectivity index is 2.25. The van der Waals surface area contributed by atoms with Crippen molar-refractivity contribution in [1.82, 2.24) is 10.6 Å². The lowest BCUT2D eigenvalue weighted by Gasteiger charge is -2.13. The maximum absolute atomic E-state index is 12.5. The third-order valence-electron chi connectivity index (χ3n) is 3.49. The molecule has 140 valence electrons. The van der Waals surface area contributed by atoms with E-state index in [-0.39, 0.29) is 29.5 Å². The number of carbonyl (C=O) groups is 3. The van der Waals surface area contributed by atoms with Crippen molar-refractivity contribution >= 4 is 29.5 Å². The molecule has 27 heavy (non-hydrogen) atoms. The molecule has 6 nitrogen and oxygen atoms in total. The van der Waals surface area contributed by atoms with E-state index in [1.165, 1.54) is 6.92 Å². The lowest BCUT2D eigenvalue weighted by molar-refractivity contribution is -0.118. The van der Waals surface area contributed by atoms with Gasteiger partial charge in [-0.2, -0.15) is 0 Å². The second-order valence-corrected chi connectivity index (χ2v) is 6.31. The van der Waals surface area contributed by atoms with E-state index in [1.807, 2.05) is 19.9 Å². The highest BCUT2D eigenvalue weighted by atomic mass is 16.2. The van der Waals surface area contributed by atoms with Crippen molar-refractivity contribution in [2.45, 2.75) is 26.8 Å². The van der Waals surface area contributed by atoms with Crippen molar-refractivity contribution in [2.75, 3.05) is 5.32 Å². The van der Waals surface area contributed by atoms with E-state index >= 15 is 0 Å². The molecule has 0 saturated carbocycles. The van der Waals surface area contributed by atoms with Crippen LogP contribution >= 0.6 is 0 Å². The van der Waals surface area contributed by atoms with Crippen LogP contribution < -0.4 is 16.0 Å². The third-order valence-corrected chi connectivity index (χ3v) is 3.49. The maximum atomic E-state index is 12.5. The lowest BCUT2D eigenvalue weighted by atomic mass is 10.1. The molecule has 0 aromatic heterocycles. The first-order chi connectivity index (χ1) is 12.8. The number of nitrogens with one attached hydrogen (secondary N) is 3. The van der Waals surface area contributed by atoms with E-state index in [4.69, 9.17) is 0 Å². The first kappa shape index (κ1) is 19.9. The van der Waals surface area contributed by atoms with Crippen LogP contribution in [-0.4, -0.2) is 23.8 Å². The molecule has 3 N–H and O–H groups in total. The Kier molecular flexibility index (Phi) is 6.88. The van der Waals surface area contributed by atoms with Crippen LogP contribution in [0, 0.1) is 0 Å². The van der Waals surface area contributed by atoms with Crippen molar-refractivity contribution in [3.63, 3.8) is 0 Å². The summed E-state index contributed by atoms with van der Waals surface area (Å²) in [5, 5.41) is 8.13. The molecule has 0 aliphatic heterocycles. The lowest BCUT2D eigenvalue weighted by Crippen LogP contribution is -2.38. The average molecular weight is 365 g/mol. The summed E-state index contributed by atoms with van der Waals surface area (Å²) >= 11 is 0. The van der Waals surface area contributed by atoms with Gasteiger partial charge in [0.25, 0.3) is 11.8 Å². The fraction of sp³-hybridized carbons (Fsp3) is 0.190. The van der Waals surface area contributed by atoms with Gasteiger partial charge in [0.1, 0.15) is 5.70 Å². The molecule has 0 saturated heterocycles. The second kappa shape index (κ2) is 9.33. The minimum Gasteiger partial charge on any atom is -0.349 e. The van der Waals surface area contributed by atoms with E-state index in [1.54, 1.807) is 54.6 Å². The Morgan fingerprint density at radius 3 is 2.11 bits per heavy atom. The average Bonchev–Trinajstić information content (AvgIpc) is 2.62. The van der Waals surface area contributed by atoms with Gasteiger partial charge in [-0.1, -0.05) is 30.3 Å². The molecule has 0 atom stereocenters. The summed E-state index contributed by atoms with van der Waals surface area (Å²) in [6.45, 7) is 5.12. The summed E-state index contributed by atoms with van der Waals surface area (Å²) in [7, 11) is 0. The molecule has 2 aromatic rings. The van der Waals surface area contributed by atoms with Crippen molar-refractivity contribution in [2.24, 2.45) is 0 Å². The van der Waals surface area contributed by atoms with E-state index in [9.17, 15) is 14.4 Å². The van der Waals surface area contributed by atoms with Gasteiger partial charge in [0.15, 0.2) is 0 Å². The number of hydrogen-bond donors (Lipinski definition) is 3. The van der Waals surface area contributed by atoms with Gasteiger partial charge in [-0.25, -0.2) is 0 Å². The quantitative estimate of drug-likeness (QED) is 0.688. The summed E-state index contributed by atoms with van der Waals surface area (Å²) in [6, 6.07) is 15.6. The number of carbonyl (C=O) groups excluding carboxylic acids is 3. The molecule has 2 rings (SSSR count). The van der Waals surface area contributed by atoms with Crippen LogP contribution in [0.1, 0.15) is 36.7 Å². The van der Waals surface area contributed by atoms with Crippen LogP contribution in [0.3, 0.4) is 0 Å². The Morgan fingerprint density at radius 2 is 1.56 bits per heavy atom. The molecule has 3 amide bonds. The Labute approximate surface area is 158 Å². The molecule has 0 unspecified atom stereocenters. The highest BCUT2D eigenvalue weighted by molar-refractivity contribution is 6.05. The van der Waals surface area contributed by atoms with Crippen LogP contribution in [0.4, 0.5) is 5.69 Å². The van der Waals surface area contributed by atoms with Gasteiger partial charge in [-0.05, 0) is 49.8 Å². The fourth-order valence-electron chi connectivity index (χ4n) is 2.31. The van der Waals surface area contributed by atoms with Gasteiger partial charge >= 0.3 is 0 Å². The fourth-order valence-corrected chi connectivity index (χ4v) is 2.31. The molecule has 0 heterocycles. The summed E-state index contributed by atoms with van der Waals surface area (Å²) in [5.41, 5.74) is 1.97. The molecular weight excluding hydrogens is 342 g/mol. The Morgan fingerprint density at radius 1 is 0.926 bits per heavy atom. The number of amides is 3. The van der Waals surface area contributed by atoms with E-state index in [0.717, 1.165) is 0 Å².